The second-order valence-corrected chi connectivity index (χ2v) is 7.28. The SMILES string of the molecule is C[C@H](Sc1ccccc1)C(=O)N[C@@H]1C[C@H]2CC[C@@H]1C2. The quantitative estimate of drug-likeness (QED) is 0.852. The molecule has 0 aromatic heterocycles. The minimum absolute atomic E-state index is 0.0125. The van der Waals surface area contributed by atoms with Crippen LogP contribution in [0.1, 0.15) is 32.6 Å². The molecule has 2 fully saturated rings. The van der Waals surface area contributed by atoms with Crippen LogP contribution in [-0.4, -0.2) is 17.2 Å². The second-order valence-electron chi connectivity index (χ2n) is 5.86. The fourth-order valence-electron chi connectivity index (χ4n) is 3.48. The summed E-state index contributed by atoms with van der Waals surface area (Å²) in [6, 6.07) is 10.6. The maximum Gasteiger partial charge on any atom is 0.233 e. The summed E-state index contributed by atoms with van der Waals surface area (Å²) < 4.78 is 0. The van der Waals surface area contributed by atoms with Gasteiger partial charge in [-0.15, -0.1) is 11.8 Å². The Morgan fingerprint density at radius 1 is 1.26 bits per heavy atom. The summed E-state index contributed by atoms with van der Waals surface area (Å²) in [7, 11) is 0. The molecule has 1 aromatic carbocycles. The summed E-state index contributed by atoms with van der Waals surface area (Å²) in [6.45, 7) is 2.00. The van der Waals surface area contributed by atoms with Crippen molar-refractivity contribution in [1.82, 2.24) is 5.32 Å². The lowest BCUT2D eigenvalue weighted by atomic mass is 9.95. The molecule has 3 rings (SSSR count). The third-order valence-electron chi connectivity index (χ3n) is 4.49. The molecule has 0 radical (unpaired) electrons. The van der Waals surface area contributed by atoms with E-state index in [0.29, 0.717) is 6.04 Å². The van der Waals surface area contributed by atoms with Crippen LogP contribution in [0.2, 0.25) is 0 Å². The normalized spacial score (nSPS) is 30.3. The first kappa shape index (κ1) is 13.0. The molecule has 2 aliphatic carbocycles. The zero-order chi connectivity index (χ0) is 13.2. The Kier molecular flexibility index (Phi) is 3.83. The molecule has 1 amide bonds. The molecular formula is C16H21NOS. The van der Waals surface area contributed by atoms with E-state index in [4.69, 9.17) is 0 Å². The van der Waals surface area contributed by atoms with Crippen molar-refractivity contribution in [3.63, 3.8) is 0 Å². The van der Waals surface area contributed by atoms with Crippen molar-refractivity contribution < 1.29 is 4.79 Å². The van der Waals surface area contributed by atoms with Gasteiger partial charge >= 0.3 is 0 Å². The molecule has 2 saturated carbocycles. The molecular weight excluding hydrogens is 254 g/mol. The number of thioether (sulfide) groups is 1. The van der Waals surface area contributed by atoms with E-state index >= 15 is 0 Å². The summed E-state index contributed by atoms with van der Waals surface area (Å²) in [4.78, 5) is 13.4. The van der Waals surface area contributed by atoms with Crippen LogP contribution < -0.4 is 5.32 Å². The fraction of sp³-hybridized carbons (Fsp3) is 0.562. The Bertz CT molecular complexity index is 447. The topological polar surface area (TPSA) is 29.1 Å². The van der Waals surface area contributed by atoms with Gasteiger partial charge in [0.05, 0.1) is 5.25 Å². The van der Waals surface area contributed by atoms with Crippen molar-refractivity contribution in [3.8, 4) is 0 Å². The highest BCUT2D eigenvalue weighted by Crippen LogP contribution is 2.44. The van der Waals surface area contributed by atoms with Crippen LogP contribution in [0.15, 0.2) is 35.2 Å². The molecule has 2 nitrogen and oxygen atoms in total. The molecule has 1 aromatic rings. The van der Waals surface area contributed by atoms with Crippen LogP contribution in [0.25, 0.3) is 0 Å². The van der Waals surface area contributed by atoms with Gasteiger partial charge in [-0.2, -0.15) is 0 Å². The van der Waals surface area contributed by atoms with Crippen LogP contribution in [0.4, 0.5) is 0 Å². The van der Waals surface area contributed by atoms with E-state index in [2.05, 4.69) is 17.4 Å². The van der Waals surface area contributed by atoms with Gasteiger partial charge in [-0.25, -0.2) is 0 Å². The predicted molar refractivity (Wildman–Crippen MR) is 79.1 cm³/mol. The Hall–Kier alpha value is -0.960. The van der Waals surface area contributed by atoms with Gasteiger partial charge in [-0.05, 0) is 50.2 Å². The highest BCUT2D eigenvalue weighted by atomic mass is 32.2. The van der Waals surface area contributed by atoms with E-state index in [1.54, 1.807) is 11.8 Å². The number of carbonyl (C=O) groups is 1. The van der Waals surface area contributed by atoms with Gasteiger partial charge in [0.2, 0.25) is 5.91 Å². The standard InChI is InChI=1S/C16H21NOS/c1-11(19-14-5-3-2-4-6-14)16(18)17-15-10-12-7-8-13(15)9-12/h2-6,11-13,15H,7-10H2,1H3,(H,17,18)/t11-,12-,13+,15+/m0/s1. The zero-order valence-corrected chi connectivity index (χ0v) is 12.2. The largest absolute Gasteiger partial charge is 0.352 e. The first-order chi connectivity index (χ1) is 9.22. The van der Waals surface area contributed by atoms with Gasteiger partial charge in [0.25, 0.3) is 0 Å². The molecule has 19 heavy (non-hydrogen) atoms. The molecule has 0 saturated heterocycles. The maximum atomic E-state index is 12.2. The summed E-state index contributed by atoms with van der Waals surface area (Å²) in [5, 5.41) is 3.26. The summed E-state index contributed by atoms with van der Waals surface area (Å²) in [5.41, 5.74) is 0. The van der Waals surface area contributed by atoms with Crippen LogP contribution in [0, 0.1) is 11.8 Å². The molecule has 2 bridgehead atoms. The third-order valence-corrected chi connectivity index (χ3v) is 5.60. The summed E-state index contributed by atoms with van der Waals surface area (Å²) >= 11 is 1.64. The molecule has 4 atom stereocenters. The maximum absolute atomic E-state index is 12.2. The zero-order valence-electron chi connectivity index (χ0n) is 11.3. The van der Waals surface area contributed by atoms with Crippen molar-refractivity contribution >= 4 is 17.7 Å². The van der Waals surface area contributed by atoms with Crippen molar-refractivity contribution in [1.29, 1.82) is 0 Å². The highest BCUT2D eigenvalue weighted by Gasteiger charge is 2.40. The minimum atomic E-state index is -0.0125. The van der Waals surface area contributed by atoms with Crippen molar-refractivity contribution in [2.24, 2.45) is 11.8 Å². The number of nitrogens with one attached hydrogen (secondary N) is 1. The van der Waals surface area contributed by atoms with E-state index in [1.807, 2.05) is 25.1 Å². The van der Waals surface area contributed by atoms with Gasteiger partial charge in [-0.1, -0.05) is 24.6 Å². The van der Waals surface area contributed by atoms with Gasteiger partial charge in [0.15, 0.2) is 0 Å². The molecule has 102 valence electrons. The van der Waals surface area contributed by atoms with E-state index in [1.165, 1.54) is 25.7 Å². The first-order valence-electron chi connectivity index (χ1n) is 7.24. The molecule has 0 spiro atoms. The number of hydrogen-bond donors (Lipinski definition) is 1. The lowest BCUT2D eigenvalue weighted by molar-refractivity contribution is -0.121. The Morgan fingerprint density at radius 2 is 2.05 bits per heavy atom. The highest BCUT2D eigenvalue weighted by molar-refractivity contribution is 8.00. The van der Waals surface area contributed by atoms with Crippen LogP contribution >= 0.6 is 11.8 Å². The summed E-state index contributed by atoms with van der Waals surface area (Å²) in [5.74, 6) is 1.83. The van der Waals surface area contributed by atoms with Gasteiger partial charge in [-0.3, -0.25) is 4.79 Å². The molecule has 0 heterocycles. The molecule has 1 N–H and O–H groups in total. The van der Waals surface area contributed by atoms with Crippen molar-refractivity contribution in [3.05, 3.63) is 30.3 Å². The van der Waals surface area contributed by atoms with E-state index < -0.39 is 0 Å². The minimum Gasteiger partial charge on any atom is -0.352 e. The van der Waals surface area contributed by atoms with Crippen LogP contribution in [0.3, 0.4) is 0 Å². The average Bonchev–Trinajstić information content (AvgIpc) is 3.02. The number of amides is 1. The number of hydrogen-bond acceptors (Lipinski definition) is 2. The average molecular weight is 275 g/mol. The van der Waals surface area contributed by atoms with Gasteiger partial charge in [0, 0.05) is 10.9 Å². The number of carbonyl (C=O) groups excluding carboxylic acids is 1. The number of fused-ring (bicyclic) bond motifs is 2. The molecule has 3 heteroatoms. The van der Waals surface area contributed by atoms with Gasteiger partial charge in [0.1, 0.15) is 0 Å². The van der Waals surface area contributed by atoms with Crippen LogP contribution in [-0.2, 0) is 4.79 Å². The third kappa shape index (κ3) is 2.97. The van der Waals surface area contributed by atoms with Crippen molar-refractivity contribution in [2.75, 3.05) is 0 Å². The summed E-state index contributed by atoms with van der Waals surface area (Å²) in [6.07, 6.45) is 5.24. The Labute approximate surface area is 119 Å². The fourth-order valence-corrected chi connectivity index (χ4v) is 4.38. The number of benzene rings is 1. The van der Waals surface area contributed by atoms with E-state index in [-0.39, 0.29) is 11.2 Å². The predicted octanol–water partition coefficient (Wildman–Crippen LogP) is 3.47. The molecule has 0 aliphatic heterocycles. The monoisotopic (exact) mass is 275 g/mol. The van der Waals surface area contributed by atoms with Crippen LogP contribution in [0.5, 0.6) is 0 Å². The molecule has 2 aliphatic rings. The Balaban J connectivity index is 1.53. The molecule has 0 unspecified atom stereocenters. The van der Waals surface area contributed by atoms with E-state index in [0.717, 1.165) is 16.7 Å². The lowest BCUT2D eigenvalue weighted by Crippen LogP contribution is -2.42. The van der Waals surface area contributed by atoms with Crippen molar-refractivity contribution in [2.45, 2.75) is 48.8 Å². The lowest BCUT2D eigenvalue weighted by Gasteiger charge is -2.24. The Morgan fingerprint density at radius 3 is 2.68 bits per heavy atom. The second kappa shape index (κ2) is 5.58. The van der Waals surface area contributed by atoms with Gasteiger partial charge < -0.3 is 5.32 Å². The first-order valence-corrected chi connectivity index (χ1v) is 8.12. The van der Waals surface area contributed by atoms with E-state index in [9.17, 15) is 4.79 Å². The smallest absolute Gasteiger partial charge is 0.233 e. The number of rotatable bonds is 4.